The predicted molar refractivity (Wildman–Crippen MR) is 60.7 cm³/mol. The van der Waals surface area contributed by atoms with Gasteiger partial charge in [-0.15, -0.1) is 0 Å². The number of ether oxygens (including phenoxy) is 1. The van der Waals surface area contributed by atoms with E-state index < -0.39 is 5.92 Å². The smallest absolute Gasteiger partial charge is 0.313 e. The van der Waals surface area contributed by atoms with Crippen LogP contribution in [0.5, 0.6) is 0 Å². The van der Waals surface area contributed by atoms with Crippen molar-refractivity contribution in [3.8, 4) is 0 Å². The van der Waals surface area contributed by atoms with Crippen molar-refractivity contribution in [3.05, 3.63) is 35.1 Å². The fraction of sp³-hybridized carbons (Fsp3) is 0.462. The molecule has 0 saturated carbocycles. The molecule has 16 heavy (non-hydrogen) atoms. The van der Waals surface area contributed by atoms with Gasteiger partial charge in [-0.25, -0.2) is 4.39 Å². The molecule has 0 fully saturated rings. The minimum absolute atomic E-state index is 0.0768. The SMILES string of the molecule is COC(=O)C(c1cc(F)ccc1C)C(C)C. The lowest BCUT2D eigenvalue weighted by Crippen LogP contribution is -2.20. The summed E-state index contributed by atoms with van der Waals surface area (Å²) in [5.74, 6) is -0.965. The minimum atomic E-state index is -0.402. The average Bonchev–Trinajstić information content (AvgIpc) is 2.22. The summed E-state index contributed by atoms with van der Waals surface area (Å²) < 4.78 is 17.9. The number of hydrogen-bond donors (Lipinski definition) is 0. The van der Waals surface area contributed by atoms with Gasteiger partial charge in [-0.1, -0.05) is 19.9 Å². The molecule has 0 saturated heterocycles. The fourth-order valence-corrected chi connectivity index (χ4v) is 1.83. The maximum atomic E-state index is 13.2. The van der Waals surface area contributed by atoms with Crippen LogP contribution in [0.1, 0.15) is 30.9 Å². The number of hydrogen-bond acceptors (Lipinski definition) is 2. The molecule has 0 spiro atoms. The van der Waals surface area contributed by atoms with Gasteiger partial charge in [0.05, 0.1) is 13.0 Å². The topological polar surface area (TPSA) is 26.3 Å². The summed E-state index contributed by atoms with van der Waals surface area (Å²) >= 11 is 0. The van der Waals surface area contributed by atoms with E-state index in [1.807, 2.05) is 20.8 Å². The predicted octanol–water partition coefficient (Wildman–Crippen LogP) is 3.05. The first-order valence-corrected chi connectivity index (χ1v) is 5.31. The lowest BCUT2D eigenvalue weighted by Gasteiger charge is -2.20. The van der Waals surface area contributed by atoms with E-state index in [2.05, 4.69) is 0 Å². The van der Waals surface area contributed by atoms with E-state index in [1.165, 1.54) is 19.2 Å². The van der Waals surface area contributed by atoms with Crippen LogP contribution in [-0.4, -0.2) is 13.1 Å². The van der Waals surface area contributed by atoms with Crippen LogP contribution in [0.25, 0.3) is 0 Å². The number of methoxy groups -OCH3 is 1. The monoisotopic (exact) mass is 224 g/mol. The van der Waals surface area contributed by atoms with Gasteiger partial charge >= 0.3 is 5.97 Å². The van der Waals surface area contributed by atoms with Crippen LogP contribution in [-0.2, 0) is 9.53 Å². The molecule has 1 aromatic carbocycles. The highest BCUT2D eigenvalue weighted by Gasteiger charge is 2.26. The molecule has 2 nitrogen and oxygen atoms in total. The molecule has 1 aromatic rings. The molecule has 0 amide bonds. The zero-order valence-electron chi connectivity index (χ0n) is 10.1. The van der Waals surface area contributed by atoms with Gasteiger partial charge in [-0.3, -0.25) is 4.79 Å². The molecule has 0 bridgehead atoms. The molecule has 0 N–H and O–H groups in total. The van der Waals surface area contributed by atoms with E-state index in [0.29, 0.717) is 5.56 Å². The standard InChI is InChI=1S/C13H17FO2/c1-8(2)12(13(15)16-4)11-7-10(14)6-5-9(11)3/h5-8,12H,1-4H3. The number of aryl methyl sites for hydroxylation is 1. The third kappa shape index (κ3) is 2.60. The Kier molecular flexibility index (Phi) is 4.05. The molecule has 88 valence electrons. The third-order valence-corrected chi connectivity index (χ3v) is 2.70. The van der Waals surface area contributed by atoms with Crippen LogP contribution in [0.15, 0.2) is 18.2 Å². The Morgan fingerprint density at radius 1 is 1.38 bits per heavy atom. The summed E-state index contributed by atoms with van der Waals surface area (Å²) in [4.78, 5) is 11.7. The molecule has 0 aliphatic carbocycles. The maximum absolute atomic E-state index is 13.2. The van der Waals surface area contributed by atoms with Crippen molar-refractivity contribution < 1.29 is 13.9 Å². The Balaban J connectivity index is 3.20. The van der Waals surface area contributed by atoms with Gasteiger partial charge < -0.3 is 4.74 Å². The van der Waals surface area contributed by atoms with E-state index in [1.54, 1.807) is 6.07 Å². The van der Waals surface area contributed by atoms with Gasteiger partial charge in [-0.05, 0) is 36.1 Å². The molecule has 0 aliphatic rings. The van der Waals surface area contributed by atoms with Gasteiger partial charge in [0, 0.05) is 0 Å². The quantitative estimate of drug-likeness (QED) is 0.738. The van der Waals surface area contributed by atoms with Crippen LogP contribution in [0, 0.1) is 18.7 Å². The zero-order valence-corrected chi connectivity index (χ0v) is 10.1. The van der Waals surface area contributed by atoms with E-state index in [-0.39, 0.29) is 17.7 Å². The van der Waals surface area contributed by atoms with E-state index in [0.717, 1.165) is 5.56 Å². The highest BCUT2D eigenvalue weighted by atomic mass is 19.1. The maximum Gasteiger partial charge on any atom is 0.313 e. The van der Waals surface area contributed by atoms with Crippen molar-refractivity contribution in [2.75, 3.05) is 7.11 Å². The van der Waals surface area contributed by atoms with E-state index >= 15 is 0 Å². The summed E-state index contributed by atoms with van der Waals surface area (Å²) in [7, 11) is 1.35. The number of benzene rings is 1. The van der Waals surface area contributed by atoms with Crippen LogP contribution in [0.3, 0.4) is 0 Å². The van der Waals surface area contributed by atoms with Crippen molar-refractivity contribution in [1.82, 2.24) is 0 Å². The fourth-order valence-electron chi connectivity index (χ4n) is 1.83. The molecule has 0 aromatic heterocycles. The molecule has 1 rings (SSSR count). The van der Waals surface area contributed by atoms with E-state index in [9.17, 15) is 9.18 Å². The summed E-state index contributed by atoms with van der Waals surface area (Å²) in [6.07, 6.45) is 0. The second-order valence-corrected chi connectivity index (χ2v) is 4.25. The number of rotatable bonds is 3. The third-order valence-electron chi connectivity index (χ3n) is 2.70. The first-order chi connectivity index (χ1) is 7.47. The van der Waals surface area contributed by atoms with Crippen molar-refractivity contribution in [2.45, 2.75) is 26.7 Å². The minimum Gasteiger partial charge on any atom is -0.469 e. The van der Waals surface area contributed by atoms with Crippen LogP contribution >= 0.6 is 0 Å². The van der Waals surface area contributed by atoms with Crippen LogP contribution in [0.2, 0.25) is 0 Å². The Hall–Kier alpha value is -1.38. The second-order valence-electron chi connectivity index (χ2n) is 4.25. The molecule has 1 unspecified atom stereocenters. The van der Waals surface area contributed by atoms with Crippen molar-refractivity contribution in [3.63, 3.8) is 0 Å². The number of carbonyl (C=O) groups is 1. The van der Waals surface area contributed by atoms with Gasteiger partial charge in [-0.2, -0.15) is 0 Å². The average molecular weight is 224 g/mol. The molecular formula is C13H17FO2. The van der Waals surface area contributed by atoms with Crippen LogP contribution < -0.4 is 0 Å². The summed E-state index contributed by atoms with van der Waals surface area (Å²) in [5.41, 5.74) is 1.62. The number of carbonyl (C=O) groups excluding carboxylic acids is 1. The Bertz CT molecular complexity index is 386. The zero-order chi connectivity index (χ0) is 12.3. The van der Waals surface area contributed by atoms with Crippen molar-refractivity contribution in [2.24, 2.45) is 5.92 Å². The largest absolute Gasteiger partial charge is 0.469 e. The van der Waals surface area contributed by atoms with Gasteiger partial charge in [0.1, 0.15) is 5.82 Å². The van der Waals surface area contributed by atoms with Gasteiger partial charge in [0.15, 0.2) is 0 Å². The van der Waals surface area contributed by atoms with Gasteiger partial charge in [0.25, 0.3) is 0 Å². The van der Waals surface area contributed by atoms with Gasteiger partial charge in [0.2, 0.25) is 0 Å². The lowest BCUT2D eigenvalue weighted by atomic mass is 9.86. The summed E-state index contributed by atoms with van der Waals surface area (Å²) in [5, 5.41) is 0. The first-order valence-electron chi connectivity index (χ1n) is 5.31. The summed E-state index contributed by atoms with van der Waals surface area (Å²) in [6, 6.07) is 4.49. The van der Waals surface area contributed by atoms with Crippen LogP contribution in [0.4, 0.5) is 4.39 Å². The number of halogens is 1. The normalized spacial score (nSPS) is 12.6. The van der Waals surface area contributed by atoms with E-state index in [4.69, 9.17) is 4.74 Å². The Labute approximate surface area is 95.4 Å². The highest BCUT2D eigenvalue weighted by molar-refractivity contribution is 5.78. The lowest BCUT2D eigenvalue weighted by molar-refractivity contribution is -0.143. The Morgan fingerprint density at radius 3 is 2.50 bits per heavy atom. The highest BCUT2D eigenvalue weighted by Crippen LogP contribution is 2.28. The Morgan fingerprint density at radius 2 is 2.00 bits per heavy atom. The molecule has 0 aliphatic heterocycles. The second kappa shape index (κ2) is 5.10. The summed E-state index contributed by atoms with van der Waals surface area (Å²) in [6.45, 7) is 5.71. The molecule has 0 radical (unpaired) electrons. The van der Waals surface area contributed by atoms with Crippen molar-refractivity contribution >= 4 is 5.97 Å². The molecule has 3 heteroatoms. The molecule has 0 heterocycles. The number of esters is 1. The molecule has 1 atom stereocenters. The first kappa shape index (κ1) is 12.7. The van der Waals surface area contributed by atoms with Crippen molar-refractivity contribution in [1.29, 1.82) is 0 Å². The molecular weight excluding hydrogens is 207 g/mol.